The predicted molar refractivity (Wildman–Crippen MR) is 87.7 cm³/mol. The van der Waals surface area contributed by atoms with Crippen LogP contribution in [-0.2, 0) is 10.0 Å². The molecule has 0 saturated heterocycles. The lowest BCUT2D eigenvalue weighted by Gasteiger charge is -2.25. The van der Waals surface area contributed by atoms with Crippen molar-refractivity contribution in [1.29, 1.82) is 0 Å². The van der Waals surface area contributed by atoms with Gasteiger partial charge in [0.15, 0.2) is 0 Å². The lowest BCUT2D eigenvalue weighted by atomic mass is 10.3. The molecule has 22 heavy (non-hydrogen) atoms. The molecule has 0 radical (unpaired) electrons. The largest absolute Gasteiger partial charge is 0.308 e. The van der Waals surface area contributed by atoms with Gasteiger partial charge < -0.3 is 4.90 Å². The second kappa shape index (κ2) is 8.09. The van der Waals surface area contributed by atoms with Crippen LogP contribution in [0.2, 0.25) is 0 Å². The number of nitrogens with zero attached hydrogens (tertiary/aromatic N) is 3. The van der Waals surface area contributed by atoms with Gasteiger partial charge >= 0.3 is 0 Å². The van der Waals surface area contributed by atoms with Gasteiger partial charge in [0.1, 0.15) is 0 Å². The molecular weight excluding hydrogens is 306 g/mol. The number of hydrogen-bond acceptors (Lipinski definition) is 5. The zero-order valence-electron chi connectivity index (χ0n) is 13.2. The van der Waals surface area contributed by atoms with E-state index in [4.69, 9.17) is 0 Å². The van der Waals surface area contributed by atoms with Gasteiger partial charge in [0.25, 0.3) is 5.69 Å². The van der Waals surface area contributed by atoms with E-state index in [0.29, 0.717) is 25.2 Å². The van der Waals surface area contributed by atoms with E-state index < -0.39 is 14.9 Å². The standard InChI is InChI=1S/C14H23N3O4S/c1-4-5-12-22(20,21)16(11-10-15(2)3)13-6-8-14(9-7-13)17(18)19/h6-9H,4-5,10-12H2,1-3H3. The Balaban J connectivity index is 3.05. The molecule has 0 bridgehead atoms. The van der Waals surface area contributed by atoms with Gasteiger partial charge in [-0.1, -0.05) is 13.3 Å². The number of nitro groups is 1. The minimum atomic E-state index is -3.43. The first-order valence-corrected chi connectivity index (χ1v) is 8.78. The number of anilines is 1. The number of benzene rings is 1. The maximum Gasteiger partial charge on any atom is 0.269 e. The lowest BCUT2D eigenvalue weighted by molar-refractivity contribution is -0.384. The maximum atomic E-state index is 12.5. The number of nitro benzene ring substituents is 1. The minimum Gasteiger partial charge on any atom is -0.308 e. The zero-order valence-corrected chi connectivity index (χ0v) is 14.0. The van der Waals surface area contributed by atoms with Gasteiger partial charge in [0, 0.05) is 25.2 Å². The molecule has 0 N–H and O–H groups in total. The third-order valence-corrected chi connectivity index (χ3v) is 5.06. The van der Waals surface area contributed by atoms with E-state index in [9.17, 15) is 18.5 Å². The van der Waals surface area contributed by atoms with Crippen molar-refractivity contribution in [3.63, 3.8) is 0 Å². The van der Waals surface area contributed by atoms with Gasteiger partial charge in [-0.25, -0.2) is 8.42 Å². The molecule has 1 aromatic carbocycles. The lowest BCUT2D eigenvalue weighted by Crippen LogP contribution is -2.38. The van der Waals surface area contributed by atoms with Gasteiger partial charge in [-0.3, -0.25) is 14.4 Å². The molecule has 0 saturated carbocycles. The molecule has 0 aromatic heterocycles. The van der Waals surface area contributed by atoms with Crippen molar-refractivity contribution in [2.45, 2.75) is 19.8 Å². The van der Waals surface area contributed by atoms with Crippen molar-refractivity contribution in [3.05, 3.63) is 34.4 Å². The van der Waals surface area contributed by atoms with Gasteiger partial charge in [-0.2, -0.15) is 0 Å². The quantitative estimate of drug-likeness (QED) is 0.512. The molecule has 1 aromatic rings. The van der Waals surface area contributed by atoms with Crippen molar-refractivity contribution in [2.24, 2.45) is 0 Å². The summed E-state index contributed by atoms with van der Waals surface area (Å²) in [5.41, 5.74) is 0.408. The molecule has 124 valence electrons. The van der Waals surface area contributed by atoms with E-state index in [1.807, 2.05) is 25.9 Å². The number of sulfonamides is 1. The summed E-state index contributed by atoms with van der Waals surface area (Å²) in [5, 5.41) is 10.7. The Hall–Kier alpha value is -1.67. The Morgan fingerprint density at radius 3 is 2.18 bits per heavy atom. The third-order valence-electron chi connectivity index (χ3n) is 3.19. The first-order valence-electron chi connectivity index (χ1n) is 7.17. The average Bonchev–Trinajstić information content (AvgIpc) is 2.45. The van der Waals surface area contributed by atoms with Crippen LogP contribution in [0.25, 0.3) is 0 Å². The van der Waals surface area contributed by atoms with E-state index in [1.54, 1.807) is 0 Å². The summed E-state index contributed by atoms with van der Waals surface area (Å²) in [6.45, 7) is 2.82. The molecule has 0 fully saturated rings. The summed E-state index contributed by atoms with van der Waals surface area (Å²) < 4.78 is 26.3. The summed E-state index contributed by atoms with van der Waals surface area (Å²) in [4.78, 5) is 12.1. The Morgan fingerprint density at radius 2 is 1.73 bits per heavy atom. The number of non-ortho nitro benzene ring substituents is 1. The fourth-order valence-electron chi connectivity index (χ4n) is 1.90. The number of likely N-dealkylation sites (N-methyl/N-ethyl adjacent to an activating group) is 1. The van der Waals surface area contributed by atoms with E-state index in [0.717, 1.165) is 6.42 Å². The van der Waals surface area contributed by atoms with Gasteiger partial charge in [0.2, 0.25) is 10.0 Å². The molecule has 0 amide bonds. The van der Waals surface area contributed by atoms with Crippen LogP contribution in [0.15, 0.2) is 24.3 Å². The van der Waals surface area contributed by atoms with E-state index in [1.165, 1.54) is 28.6 Å². The average molecular weight is 329 g/mol. The van der Waals surface area contributed by atoms with E-state index >= 15 is 0 Å². The molecular formula is C14H23N3O4S. The van der Waals surface area contributed by atoms with Crippen LogP contribution in [0.5, 0.6) is 0 Å². The second-order valence-corrected chi connectivity index (χ2v) is 7.33. The normalized spacial score (nSPS) is 11.6. The fraction of sp³-hybridized carbons (Fsp3) is 0.571. The predicted octanol–water partition coefficient (Wildman–Crippen LogP) is 2.09. The summed E-state index contributed by atoms with van der Waals surface area (Å²) in [5.74, 6) is 0.0773. The van der Waals surface area contributed by atoms with Crippen LogP contribution in [0.4, 0.5) is 11.4 Å². The van der Waals surface area contributed by atoms with Crippen LogP contribution >= 0.6 is 0 Å². The van der Waals surface area contributed by atoms with E-state index in [2.05, 4.69) is 0 Å². The third kappa shape index (κ3) is 5.27. The second-order valence-electron chi connectivity index (χ2n) is 5.32. The van der Waals surface area contributed by atoms with Crippen molar-refractivity contribution in [1.82, 2.24) is 4.90 Å². The number of rotatable bonds is 9. The number of unbranched alkanes of at least 4 members (excludes halogenated alkanes) is 1. The Kier molecular flexibility index (Phi) is 6.76. The zero-order chi connectivity index (χ0) is 16.8. The van der Waals surface area contributed by atoms with Crippen LogP contribution in [0.1, 0.15) is 19.8 Å². The summed E-state index contributed by atoms with van der Waals surface area (Å²) in [7, 11) is 0.306. The molecule has 7 nitrogen and oxygen atoms in total. The van der Waals surface area contributed by atoms with E-state index in [-0.39, 0.29) is 11.4 Å². The van der Waals surface area contributed by atoms with Crippen molar-refractivity contribution in [3.8, 4) is 0 Å². The molecule has 0 unspecified atom stereocenters. The monoisotopic (exact) mass is 329 g/mol. The van der Waals surface area contributed by atoms with Gasteiger partial charge in [-0.05, 0) is 32.6 Å². The minimum absolute atomic E-state index is 0.0535. The first-order chi connectivity index (χ1) is 10.3. The molecule has 1 rings (SSSR count). The Morgan fingerprint density at radius 1 is 1.14 bits per heavy atom. The highest BCUT2D eigenvalue weighted by Crippen LogP contribution is 2.22. The van der Waals surface area contributed by atoms with Crippen molar-refractivity contribution >= 4 is 21.4 Å². The molecule has 0 spiro atoms. The first kappa shape index (κ1) is 18.4. The van der Waals surface area contributed by atoms with Crippen molar-refractivity contribution < 1.29 is 13.3 Å². The Bertz CT molecular complexity index is 585. The van der Waals surface area contributed by atoms with Crippen LogP contribution in [0, 0.1) is 10.1 Å². The van der Waals surface area contributed by atoms with Crippen LogP contribution < -0.4 is 4.31 Å². The van der Waals surface area contributed by atoms with Gasteiger partial charge in [0.05, 0.1) is 16.4 Å². The smallest absolute Gasteiger partial charge is 0.269 e. The highest BCUT2D eigenvalue weighted by atomic mass is 32.2. The number of hydrogen-bond donors (Lipinski definition) is 0. The molecule has 0 heterocycles. The molecule has 0 atom stereocenters. The molecule has 0 aliphatic rings. The molecule has 8 heteroatoms. The summed E-state index contributed by atoms with van der Waals surface area (Å²) >= 11 is 0. The highest BCUT2D eigenvalue weighted by Gasteiger charge is 2.22. The fourth-order valence-corrected chi connectivity index (χ4v) is 3.57. The summed E-state index contributed by atoms with van der Waals surface area (Å²) in [6.07, 6.45) is 1.38. The Labute approximate surface area is 131 Å². The highest BCUT2D eigenvalue weighted by molar-refractivity contribution is 7.92. The van der Waals surface area contributed by atoms with Crippen LogP contribution in [0.3, 0.4) is 0 Å². The summed E-state index contributed by atoms with van der Waals surface area (Å²) in [6, 6.07) is 5.62. The maximum absolute atomic E-state index is 12.5. The topological polar surface area (TPSA) is 83.8 Å². The SMILES string of the molecule is CCCCS(=O)(=O)N(CCN(C)C)c1ccc([N+](=O)[O-])cc1. The van der Waals surface area contributed by atoms with Crippen LogP contribution in [-0.4, -0.2) is 51.2 Å². The van der Waals surface area contributed by atoms with Gasteiger partial charge in [-0.15, -0.1) is 0 Å². The van der Waals surface area contributed by atoms with Crippen molar-refractivity contribution in [2.75, 3.05) is 37.2 Å². The molecule has 0 aliphatic heterocycles. The molecule has 0 aliphatic carbocycles.